The van der Waals surface area contributed by atoms with Crippen LogP contribution in [0.4, 0.5) is 19.3 Å². The van der Waals surface area contributed by atoms with Crippen molar-refractivity contribution in [2.75, 3.05) is 57.9 Å². The molecule has 0 radical (unpaired) electrons. The number of rotatable bonds is 9. The van der Waals surface area contributed by atoms with Crippen LogP contribution >= 0.6 is 0 Å². The number of ether oxygens (including phenoxy) is 2. The van der Waals surface area contributed by atoms with Crippen molar-refractivity contribution < 1.29 is 23.0 Å². The van der Waals surface area contributed by atoms with Gasteiger partial charge in [0.1, 0.15) is 0 Å². The van der Waals surface area contributed by atoms with Gasteiger partial charge < -0.3 is 24.6 Å². The number of carbonyl (C=O) groups excluding carboxylic acids is 1. The largest absolute Gasteiger partial charge is 0.373 e. The minimum absolute atomic E-state index is 0.00213. The lowest BCUT2D eigenvalue weighted by Crippen LogP contribution is -2.53. The fourth-order valence-corrected chi connectivity index (χ4v) is 5.98. The smallest absolute Gasteiger partial charge is 0.345 e. The molecule has 2 fully saturated rings. The van der Waals surface area contributed by atoms with Crippen molar-refractivity contribution in [2.45, 2.75) is 57.9 Å². The van der Waals surface area contributed by atoms with E-state index in [0.717, 1.165) is 67.0 Å². The van der Waals surface area contributed by atoms with E-state index in [4.69, 9.17) is 9.72 Å². The number of hydrogen-bond donors (Lipinski definition) is 1. The summed E-state index contributed by atoms with van der Waals surface area (Å²) >= 11 is 0. The summed E-state index contributed by atoms with van der Waals surface area (Å²) in [5.41, 5.74) is 4.41. The van der Waals surface area contributed by atoms with Crippen LogP contribution in [0.5, 0.6) is 0 Å². The van der Waals surface area contributed by atoms with E-state index in [1.807, 2.05) is 54.7 Å². The summed E-state index contributed by atoms with van der Waals surface area (Å²) < 4.78 is 37.4. The Balaban J connectivity index is 1.27. The third kappa shape index (κ3) is 6.50. The molecule has 0 unspecified atom stereocenters. The summed E-state index contributed by atoms with van der Waals surface area (Å²) in [6.45, 7) is 7.34. The van der Waals surface area contributed by atoms with Crippen molar-refractivity contribution in [3.63, 3.8) is 0 Å². The molecule has 2 saturated heterocycles. The maximum absolute atomic E-state index is 12.5. The van der Waals surface area contributed by atoms with E-state index < -0.39 is 12.2 Å². The highest BCUT2D eigenvalue weighted by Crippen LogP contribution is 2.37. The minimum Gasteiger partial charge on any atom is -0.373 e. The molecule has 2 amide bonds. The number of carbonyl (C=O) groups is 1. The number of likely N-dealkylation sites (tertiary alicyclic amines) is 1. The average Bonchev–Trinajstić information content (AvgIpc) is 3.44. The Morgan fingerprint density at radius 1 is 1.07 bits per heavy atom. The highest BCUT2D eigenvalue weighted by Gasteiger charge is 2.38. The number of piperidine rings is 1. The van der Waals surface area contributed by atoms with Crippen LogP contribution in [-0.4, -0.2) is 102 Å². The fourth-order valence-electron chi connectivity index (χ4n) is 5.98. The Hall–Kier alpha value is -3.35. The summed E-state index contributed by atoms with van der Waals surface area (Å²) in [5, 5.41) is 7.50. The molecule has 0 saturated carbocycles. The van der Waals surface area contributed by atoms with Gasteiger partial charge in [-0.15, -0.1) is 0 Å². The van der Waals surface area contributed by atoms with Crippen LogP contribution in [0.15, 0.2) is 42.9 Å². The molecule has 12 heteroatoms. The molecular weight excluding hydrogens is 544 g/mol. The zero-order chi connectivity index (χ0) is 29.9. The molecule has 5 rings (SSSR count). The molecule has 2 aliphatic heterocycles. The first-order valence-corrected chi connectivity index (χ1v) is 14.6. The minimum atomic E-state index is -2.75. The van der Waals surface area contributed by atoms with Crippen molar-refractivity contribution >= 4 is 17.2 Å². The number of piperazine rings is 1. The van der Waals surface area contributed by atoms with Crippen LogP contribution in [0.3, 0.4) is 0 Å². The first-order chi connectivity index (χ1) is 20.2. The number of urea groups is 1. The number of halogens is 2. The molecule has 5 heterocycles. The number of anilines is 1. The second-order valence-electron chi connectivity index (χ2n) is 11.5. The zero-order valence-electron chi connectivity index (χ0n) is 24.8. The quantitative estimate of drug-likeness (QED) is 0.403. The highest BCUT2D eigenvalue weighted by molar-refractivity contribution is 5.79. The lowest BCUT2D eigenvalue weighted by Gasteiger charge is -2.43. The number of fused-ring (bicyclic) bond motifs is 1. The average molecular weight is 586 g/mol. The topological polar surface area (TPSA) is 87.5 Å². The van der Waals surface area contributed by atoms with Crippen molar-refractivity contribution in [1.29, 1.82) is 0 Å². The number of methoxy groups -OCH3 is 1. The Morgan fingerprint density at radius 3 is 2.43 bits per heavy atom. The fraction of sp³-hybridized carbons (Fsp3) is 0.567. The van der Waals surface area contributed by atoms with Gasteiger partial charge in [0, 0.05) is 88.2 Å². The number of aromatic nitrogens is 3. The third-order valence-electron chi connectivity index (χ3n) is 8.47. The van der Waals surface area contributed by atoms with Crippen LogP contribution in [0.25, 0.3) is 16.8 Å². The van der Waals surface area contributed by atoms with E-state index in [1.165, 1.54) is 0 Å². The third-order valence-corrected chi connectivity index (χ3v) is 8.47. The summed E-state index contributed by atoms with van der Waals surface area (Å²) in [6.07, 6.45) is 7.14. The maximum atomic E-state index is 12.5. The van der Waals surface area contributed by atoms with Crippen LogP contribution in [0.1, 0.15) is 39.2 Å². The molecular formula is C30H41F2N7O3. The Kier molecular flexibility index (Phi) is 9.24. The van der Waals surface area contributed by atoms with E-state index in [1.54, 1.807) is 13.3 Å². The summed E-state index contributed by atoms with van der Waals surface area (Å²) in [6, 6.07) is 8.22. The standard InChI is InChI=1S/C30H41F2N7O3/c1-21(2)35-29(40)38-15-13-37(14-16-38)26-7-10-34-39-19-23(17-27(26)39)25-6-5-24(18-33-25)30(41-4)8-11-36(12-9-30)22(3)20-42-28(31)32/h5-7,10,17-19,21-22,28H,8-9,11-16,20H2,1-4H3,(H,35,40)/t22-/m1/s1. The highest BCUT2D eigenvalue weighted by atomic mass is 19.3. The van der Waals surface area contributed by atoms with Gasteiger partial charge in [-0.3, -0.25) is 9.88 Å². The SMILES string of the molecule is COC1(c2ccc(-c3cc4c(N5CCN(C(=O)NC(C)C)CC5)ccnn4c3)nc2)CCN([C@H](C)COC(F)F)CC1. The molecule has 1 atom stereocenters. The molecule has 42 heavy (non-hydrogen) atoms. The van der Waals surface area contributed by atoms with Gasteiger partial charge in [-0.05, 0) is 51.8 Å². The number of pyridine rings is 1. The van der Waals surface area contributed by atoms with Gasteiger partial charge in [-0.1, -0.05) is 6.07 Å². The Morgan fingerprint density at radius 2 is 1.81 bits per heavy atom. The summed E-state index contributed by atoms with van der Waals surface area (Å²) in [5.74, 6) is 0. The van der Waals surface area contributed by atoms with Gasteiger partial charge in [0.25, 0.3) is 0 Å². The van der Waals surface area contributed by atoms with Gasteiger partial charge in [-0.25, -0.2) is 9.31 Å². The zero-order valence-corrected chi connectivity index (χ0v) is 24.8. The molecule has 0 spiro atoms. The van der Waals surface area contributed by atoms with Crippen LogP contribution in [0.2, 0.25) is 0 Å². The normalized spacial score (nSPS) is 18.7. The van der Waals surface area contributed by atoms with Crippen LogP contribution in [0, 0.1) is 0 Å². The van der Waals surface area contributed by atoms with Crippen molar-refractivity contribution in [3.05, 3.63) is 48.4 Å². The van der Waals surface area contributed by atoms with E-state index in [2.05, 4.69) is 37.1 Å². The Bertz CT molecular complexity index is 1330. The maximum Gasteiger partial charge on any atom is 0.345 e. The molecule has 0 aliphatic carbocycles. The van der Waals surface area contributed by atoms with Gasteiger partial charge in [0.2, 0.25) is 0 Å². The molecule has 0 bridgehead atoms. The second-order valence-corrected chi connectivity index (χ2v) is 11.5. The lowest BCUT2D eigenvalue weighted by atomic mass is 9.84. The second kappa shape index (κ2) is 12.9. The molecule has 10 nitrogen and oxygen atoms in total. The van der Waals surface area contributed by atoms with E-state index in [-0.39, 0.29) is 24.7 Å². The number of hydrogen-bond acceptors (Lipinski definition) is 7. The number of amides is 2. The van der Waals surface area contributed by atoms with E-state index in [9.17, 15) is 13.6 Å². The first-order valence-electron chi connectivity index (χ1n) is 14.6. The first kappa shape index (κ1) is 30.1. The van der Waals surface area contributed by atoms with E-state index >= 15 is 0 Å². The Labute approximate surface area is 245 Å². The number of nitrogens with one attached hydrogen (secondary N) is 1. The van der Waals surface area contributed by atoms with Crippen LogP contribution < -0.4 is 10.2 Å². The van der Waals surface area contributed by atoms with E-state index in [0.29, 0.717) is 13.1 Å². The predicted molar refractivity (Wildman–Crippen MR) is 157 cm³/mol. The van der Waals surface area contributed by atoms with Crippen molar-refractivity contribution in [3.8, 4) is 11.3 Å². The van der Waals surface area contributed by atoms with Crippen molar-refractivity contribution in [1.82, 2.24) is 29.7 Å². The molecule has 3 aromatic rings. The molecule has 3 aromatic heterocycles. The summed E-state index contributed by atoms with van der Waals surface area (Å²) in [7, 11) is 1.72. The molecule has 0 aromatic carbocycles. The number of nitrogens with zero attached hydrogens (tertiary/aromatic N) is 6. The van der Waals surface area contributed by atoms with Crippen LogP contribution in [-0.2, 0) is 15.1 Å². The van der Waals surface area contributed by atoms with Gasteiger partial charge >= 0.3 is 12.6 Å². The molecule has 2 aliphatic rings. The molecule has 228 valence electrons. The predicted octanol–water partition coefficient (Wildman–Crippen LogP) is 4.20. The van der Waals surface area contributed by atoms with Crippen molar-refractivity contribution in [2.24, 2.45) is 0 Å². The number of alkyl halides is 2. The van der Waals surface area contributed by atoms with Gasteiger partial charge in [-0.2, -0.15) is 13.9 Å². The monoisotopic (exact) mass is 585 g/mol. The lowest BCUT2D eigenvalue weighted by molar-refractivity contribution is -0.145. The van der Waals surface area contributed by atoms with Gasteiger partial charge in [0.15, 0.2) is 0 Å². The summed E-state index contributed by atoms with van der Waals surface area (Å²) in [4.78, 5) is 23.5. The molecule has 1 N–H and O–H groups in total. The van der Waals surface area contributed by atoms with Gasteiger partial charge in [0.05, 0.1) is 29.1 Å².